The van der Waals surface area contributed by atoms with E-state index in [1.807, 2.05) is 17.5 Å². The summed E-state index contributed by atoms with van der Waals surface area (Å²) >= 11 is 7.99. The highest BCUT2D eigenvalue weighted by Gasteiger charge is 2.20. The molecule has 102 valence electrons. The maximum atomic E-state index is 11.9. The van der Waals surface area contributed by atoms with Gasteiger partial charge in [-0.1, -0.05) is 23.7 Å². The molecule has 7 heteroatoms. The summed E-state index contributed by atoms with van der Waals surface area (Å²) < 4.78 is 1.42. The predicted octanol–water partition coefficient (Wildman–Crippen LogP) is 2.59. The van der Waals surface area contributed by atoms with Gasteiger partial charge in [0.25, 0.3) is 5.56 Å². The Hall–Kier alpha value is -2.05. The van der Waals surface area contributed by atoms with Crippen LogP contribution in [-0.2, 0) is 0 Å². The first kappa shape index (κ1) is 13.0. The van der Waals surface area contributed by atoms with Crippen molar-refractivity contribution in [3.8, 4) is 16.4 Å². The summed E-state index contributed by atoms with van der Waals surface area (Å²) in [7, 11) is 1.75. The Kier molecular flexibility index (Phi) is 3.33. The highest BCUT2D eigenvalue weighted by molar-refractivity contribution is 7.13. The zero-order chi connectivity index (χ0) is 14.1. The molecule has 0 saturated carbocycles. The zero-order valence-corrected chi connectivity index (χ0v) is 12.1. The van der Waals surface area contributed by atoms with Crippen molar-refractivity contribution in [3.63, 3.8) is 0 Å². The standard InChI is InChI=1S/C13H11ClN4OS/c1-15-18-12(9-5-4-8-20-9)11(14)13(16-18)17-7-3-2-6-10(17)19/h2-8,15H,1H3. The van der Waals surface area contributed by atoms with Crippen LogP contribution in [-0.4, -0.2) is 21.5 Å². The average Bonchev–Trinajstić information content (AvgIpc) is 3.07. The fraction of sp³-hybridized carbons (Fsp3) is 0.0769. The van der Waals surface area contributed by atoms with E-state index in [9.17, 15) is 4.79 Å². The average molecular weight is 307 g/mol. The van der Waals surface area contributed by atoms with Crippen molar-refractivity contribution >= 4 is 22.9 Å². The summed E-state index contributed by atoms with van der Waals surface area (Å²) in [5, 5.41) is 6.76. The number of hydrogen-bond acceptors (Lipinski definition) is 4. The lowest BCUT2D eigenvalue weighted by Gasteiger charge is -2.03. The second-order valence-corrected chi connectivity index (χ2v) is 5.33. The number of aromatic nitrogens is 3. The first-order chi connectivity index (χ1) is 9.72. The molecule has 1 N–H and O–H groups in total. The van der Waals surface area contributed by atoms with Crippen LogP contribution in [0.3, 0.4) is 0 Å². The predicted molar refractivity (Wildman–Crippen MR) is 81.4 cm³/mol. The van der Waals surface area contributed by atoms with Crippen LogP contribution in [0.15, 0.2) is 46.7 Å². The second-order valence-electron chi connectivity index (χ2n) is 4.01. The molecule has 0 spiro atoms. The smallest absolute Gasteiger partial charge is 0.256 e. The molecular weight excluding hydrogens is 296 g/mol. The molecule has 5 nitrogen and oxygen atoms in total. The van der Waals surface area contributed by atoms with Crippen molar-refractivity contribution in [1.82, 2.24) is 14.5 Å². The van der Waals surface area contributed by atoms with Gasteiger partial charge in [-0.25, -0.2) is 0 Å². The van der Waals surface area contributed by atoms with Gasteiger partial charge in [0.05, 0.1) is 4.88 Å². The number of hydrogen-bond donors (Lipinski definition) is 1. The number of pyridine rings is 1. The fourth-order valence-electron chi connectivity index (χ4n) is 1.93. The second kappa shape index (κ2) is 5.15. The molecule has 0 fully saturated rings. The molecule has 0 amide bonds. The Balaban J connectivity index is 2.25. The number of nitrogens with one attached hydrogen (secondary N) is 1. The monoisotopic (exact) mass is 306 g/mol. The third-order valence-electron chi connectivity index (χ3n) is 2.83. The largest absolute Gasteiger partial charge is 0.312 e. The van der Waals surface area contributed by atoms with Gasteiger partial charge in [-0.2, -0.15) is 4.79 Å². The van der Waals surface area contributed by atoms with E-state index in [2.05, 4.69) is 10.5 Å². The van der Waals surface area contributed by atoms with E-state index < -0.39 is 0 Å². The molecule has 0 radical (unpaired) electrons. The van der Waals surface area contributed by atoms with E-state index in [-0.39, 0.29) is 5.56 Å². The molecule has 0 aromatic carbocycles. The number of rotatable bonds is 3. The molecule has 0 aliphatic heterocycles. The van der Waals surface area contributed by atoms with Gasteiger partial charge in [0.1, 0.15) is 10.7 Å². The summed E-state index contributed by atoms with van der Waals surface area (Å²) in [6.07, 6.45) is 1.65. The van der Waals surface area contributed by atoms with Crippen LogP contribution in [0.5, 0.6) is 0 Å². The fourth-order valence-corrected chi connectivity index (χ4v) is 3.06. The van der Waals surface area contributed by atoms with Gasteiger partial charge in [-0.3, -0.25) is 9.36 Å². The molecule has 20 heavy (non-hydrogen) atoms. The quantitative estimate of drug-likeness (QED) is 0.809. The van der Waals surface area contributed by atoms with Crippen LogP contribution < -0.4 is 11.0 Å². The van der Waals surface area contributed by atoms with Gasteiger partial charge in [-0.15, -0.1) is 16.4 Å². The molecular formula is C13H11ClN4OS. The lowest BCUT2D eigenvalue weighted by molar-refractivity contribution is 0.766. The van der Waals surface area contributed by atoms with Crippen molar-refractivity contribution in [2.45, 2.75) is 0 Å². The Morgan fingerprint density at radius 1 is 1.30 bits per heavy atom. The van der Waals surface area contributed by atoms with Gasteiger partial charge in [0, 0.05) is 19.3 Å². The van der Waals surface area contributed by atoms with Crippen molar-refractivity contribution in [3.05, 3.63) is 57.3 Å². The SMILES string of the molecule is CNn1nc(-n2ccccc2=O)c(Cl)c1-c1cccs1. The van der Waals surface area contributed by atoms with Crippen LogP contribution in [0.4, 0.5) is 0 Å². The Morgan fingerprint density at radius 3 is 2.80 bits per heavy atom. The lowest BCUT2D eigenvalue weighted by Crippen LogP contribution is -2.17. The van der Waals surface area contributed by atoms with Crippen molar-refractivity contribution < 1.29 is 0 Å². The van der Waals surface area contributed by atoms with Crippen molar-refractivity contribution in [2.24, 2.45) is 0 Å². The van der Waals surface area contributed by atoms with E-state index in [0.717, 1.165) is 10.6 Å². The van der Waals surface area contributed by atoms with Crippen LogP contribution in [0.2, 0.25) is 5.02 Å². The van der Waals surface area contributed by atoms with Gasteiger partial charge >= 0.3 is 0 Å². The maximum absolute atomic E-state index is 11.9. The highest BCUT2D eigenvalue weighted by Crippen LogP contribution is 2.34. The minimum Gasteiger partial charge on any atom is -0.312 e. The highest BCUT2D eigenvalue weighted by atomic mass is 35.5. The van der Waals surface area contributed by atoms with E-state index in [1.54, 1.807) is 41.5 Å². The lowest BCUT2D eigenvalue weighted by atomic mass is 10.3. The summed E-state index contributed by atoms with van der Waals surface area (Å²) in [6, 6.07) is 8.82. The normalized spacial score (nSPS) is 10.7. The Labute approximate surface area is 124 Å². The zero-order valence-electron chi connectivity index (χ0n) is 10.6. The number of nitrogens with zero attached hydrogens (tertiary/aromatic N) is 3. The van der Waals surface area contributed by atoms with E-state index >= 15 is 0 Å². The molecule has 3 aromatic heterocycles. The molecule has 0 atom stereocenters. The maximum Gasteiger partial charge on any atom is 0.256 e. The van der Waals surface area contributed by atoms with Crippen LogP contribution in [0.1, 0.15) is 0 Å². The third kappa shape index (κ3) is 2.03. The first-order valence-corrected chi connectivity index (χ1v) is 7.16. The molecule has 0 bridgehead atoms. The van der Waals surface area contributed by atoms with Crippen LogP contribution in [0, 0.1) is 0 Å². The summed E-state index contributed by atoms with van der Waals surface area (Å²) in [5.41, 5.74) is 3.52. The summed E-state index contributed by atoms with van der Waals surface area (Å²) in [5.74, 6) is 0.412. The number of thiophene rings is 1. The Morgan fingerprint density at radius 2 is 2.15 bits per heavy atom. The van der Waals surface area contributed by atoms with Crippen LogP contribution >= 0.6 is 22.9 Å². The minimum absolute atomic E-state index is 0.173. The molecule has 3 aromatic rings. The molecule has 0 aliphatic carbocycles. The van der Waals surface area contributed by atoms with Crippen molar-refractivity contribution in [2.75, 3.05) is 12.5 Å². The first-order valence-electron chi connectivity index (χ1n) is 5.90. The summed E-state index contributed by atoms with van der Waals surface area (Å²) in [4.78, 5) is 14.5. The summed E-state index contributed by atoms with van der Waals surface area (Å²) in [6.45, 7) is 0. The van der Waals surface area contributed by atoms with Gasteiger partial charge in [-0.05, 0) is 17.5 Å². The van der Waals surface area contributed by atoms with E-state index in [0.29, 0.717) is 10.8 Å². The van der Waals surface area contributed by atoms with Gasteiger partial charge in [0.15, 0.2) is 5.82 Å². The third-order valence-corrected chi connectivity index (χ3v) is 4.05. The Bertz CT molecular complexity index is 791. The van der Waals surface area contributed by atoms with Gasteiger partial charge < -0.3 is 5.43 Å². The molecule has 3 heterocycles. The topological polar surface area (TPSA) is 51.9 Å². The molecule has 0 aliphatic rings. The van der Waals surface area contributed by atoms with Crippen LogP contribution in [0.25, 0.3) is 16.4 Å². The van der Waals surface area contributed by atoms with Crippen molar-refractivity contribution in [1.29, 1.82) is 0 Å². The van der Waals surface area contributed by atoms with E-state index in [1.165, 1.54) is 10.6 Å². The number of halogens is 1. The van der Waals surface area contributed by atoms with Gasteiger partial charge in [0.2, 0.25) is 0 Å². The van der Waals surface area contributed by atoms with E-state index in [4.69, 9.17) is 11.6 Å². The molecule has 0 unspecified atom stereocenters. The minimum atomic E-state index is -0.173. The molecule has 0 saturated heterocycles. The molecule has 3 rings (SSSR count).